The maximum atomic E-state index is 13.5. The highest BCUT2D eigenvalue weighted by atomic mass is 19.4. The quantitative estimate of drug-likeness (QED) is 0.0377. The van der Waals surface area contributed by atoms with Gasteiger partial charge in [-0.3, -0.25) is 38.6 Å². The van der Waals surface area contributed by atoms with Gasteiger partial charge in [-0.2, -0.15) is 13.2 Å². The molecule has 1 rings (SSSR count). The van der Waals surface area contributed by atoms with Gasteiger partial charge in [-0.15, -0.1) is 0 Å². The van der Waals surface area contributed by atoms with Crippen LogP contribution in [0.2, 0.25) is 0 Å². The second kappa shape index (κ2) is 25.3. The van der Waals surface area contributed by atoms with E-state index in [2.05, 4.69) is 36.9 Å². The molecule has 0 radical (unpaired) electrons. The van der Waals surface area contributed by atoms with Gasteiger partial charge in [-0.05, 0) is 58.4 Å². The van der Waals surface area contributed by atoms with Gasteiger partial charge in [-0.25, -0.2) is 4.79 Å². The van der Waals surface area contributed by atoms with E-state index in [4.69, 9.17) is 32.2 Å². The first-order chi connectivity index (χ1) is 26.8. The molecule has 326 valence electrons. The van der Waals surface area contributed by atoms with Crippen molar-refractivity contribution in [2.24, 2.45) is 28.1 Å². The lowest BCUT2D eigenvalue weighted by molar-refractivity contribution is -0.192. The minimum Gasteiger partial charge on any atom is -0.480 e. The maximum Gasteiger partial charge on any atom is 0.490 e. The van der Waals surface area contributed by atoms with Crippen LogP contribution < -0.4 is 49.1 Å². The standard InChI is InChI=1S/C33H54N10O8.C2HF3O2/c1-17(2)15-24(43-31(49)25(42-26(44)18(3)34)16-22-11-8-7-9-12-22)30(48)39-20(5)28(46)41-23(13-10-14-37-33(35)36)29(47)38-19(4)27(45)40-21(6)32(50)51;3-2(4,5)1(6)7/h7-9,11-12,17-21,23-25H,10,13-16,34H2,1-6H3,(H,38,47)(H,39,48)(H,40,45)(H,41,46)(H,42,44)(H,43,49)(H,50,51)(H4,35,36,37);(H,6,7)/t18-,19-,20-,21-,23-,24-,25-;/m0./s1. The molecule has 0 unspecified atom stereocenters. The Morgan fingerprint density at radius 3 is 1.53 bits per heavy atom. The zero-order valence-electron chi connectivity index (χ0n) is 33.0. The number of carbonyl (C=O) groups is 8. The van der Waals surface area contributed by atoms with Crippen molar-refractivity contribution in [3.05, 3.63) is 35.9 Å². The Labute approximate surface area is 333 Å². The van der Waals surface area contributed by atoms with Crippen LogP contribution in [0.5, 0.6) is 0 Å². The van der Waals surface area contributed by atoms with Crippen molar-refractivity contribution in [3.8, 4) is 0 Å². The first kappa shape index (κ1) is 52.0. The molecule has 0 saturated carbocycles. The van der Waals surface area contributed by atoms with Crippen LogP contribution in [0.1, 0.15) is 66.4 Å². The predicted molar refractivity (Wildman–Crippen MR) is 203 cm³/mol. The van der Waals surface area contributed by atoms with Gasteiger partial charge >= 0.3 is 18.1 Å². The summed E-state index contributed by atoms with van der Waals surface area (Å²) in [6.07, 6.45) is -4.47. The molecular weight excluding hydrogens is 777 g/mol. The van der Waals surface area contributed by atoms with Crippen molar-refractivity contribution in [2.45, 2.75) is 116 Å². The lowest BCUT2D eigenvalue weighted by Crippen LogP contribution is -2.59. The number of hydrogen-bond donors (Lipinski definition) is 11. The number of hydrogen-bond acceptors (Lipinski definition) is 10. The number of nitrogens with two attached hydrogens (primary N) is 3. The summed E-state index contributed by atoms with van der Waals surface area (Å²) < 4.78 is 31.7. The third-order valence-corrected chi connectivity index (χ3v) is 7.72. The van der Waals surface area contributed by atoms with Crippen LogP contribution in [-0.4, -0.2) is 119 Å². The van der Waals surface area contributed by atoms with E-state index in [0.29, 0.717) is 0 Å². The third kappa shape index (κ3) is 21.3. The Morgan fingerprint density at radius 2 is 1.09 bits per heavy atom. The van der Waals surface area contributed by atoms with Gasteiger partial charge in [0.15, 0.2) is 5.96 Å². The summed E-state index contributed by atoms with van der Waals surface area (Å²) in [6.45, 7) is 9.30. The number of carboxylic acids is 2. The zero-order chi connectivity index (χ0) is 44.9. The fraction of sp³-hybridized carbons (Fsp3) is 0.571. The van der Waals surface area contributed by atoms with E-state index in [-0.39, 0.29) is 44.1 Å². The minimum atomic E-state index is -5.08. The summed E-state index contributed by atoms with van der Waals surface area (Å²) in [5.74, 6) is -8.36. The van der Waals surface area contributed by atoms with Gasteiger partial charge in [0, 0.05) is 13.0 Å². The number of aliphatic imine (C=N–C) groups is 1. The largest absolute Gasteiger partial charge is 0.490 e. The van der Waals surface area contributed by atoms with Crippen molar-refractivity contribution in [1.82, 2.24) is 31.9 Å². The number of benzene rings is 1. The molecule has 0 heterocycles. The molecule has 0 aliphatic heterocycles. The number of nitrogens with zero attached hydrogens (tertiary/aromatic N) is 1. The fourth-order valence-electron chi connectivity index (χ4n) is 4.57. The molecular formula is C35H55F3N10O10. The van der Waals surface area contributed by atoms with Crippen LogP contribution in [0.15, 0.2) is 35.3 Å². The smallest absolute Gasteiger partial charge is 0.480 e. The van der Waals surface area contributed by atoms with Crippen LogP contribution in [0.4, 0.5) is 13.2 Å². The van der Waals surface area contributed by atoms with Crippen LogP contribution in [0.3, 0.4) is 0 Å². The van der Waals surface area contributed by atoms with Gasteiger partial charge in [-0.1, -0.05) is 44.2 Å². The van der Waals surface area contributed by atoms with E-state index in [0.717, 1.165) is 5.56 Å². The summed E-state index contributed by atoms with van der Waals surface area (Å²) in [6, 6.07) is 1.20. The molecule has 0 saturated heterocycles. The SMILES string of the molecule is CC(C)C[C@H](NC(=O)[C@H](Cc1ccccc1)NC(=O)[C@H](C)N)C(=O)N[C@@H](C)C(=O)N[C@@H](CCCN=C(N)N)C(=O)N[C@@H](C)C(=O)N[C@@H](C)C(=O)O.O=C(O)C(F)(F)F. The fourth-order valence-corrected chi connectivity index (χ4v) is 4.57. The molecule has 0 bridgehead atoms. The van der Waals surface area contributed by atoms with Crippen molar-refractivity contribution >= 4 is 53.3 Å². The molecule has 58 heavy (non-hydrogen) atoms. The number of aliphatic carboxylic acids is 2. The second-order valence-electron chi connectivity index (χ2n) is 13.6. The molecule has 20 nitrogen and oxygen atoms in total. The molecule has 6 amide bonds. The number of guanidine groups is 1. The molecule has 0 spiro atoms. The number of carboxylic acid groups (broad SMARTS) is 2. The number of alkyl halides is 3. The molecule has 23 heteroatoms. The van der Waals surface area contributed by atoms with E-state index in [1.54, 1.807) is 24.3 Å². The normalized spacial score (nSPS) is 14.5. The Balaban J connectivity index is 0.00000422. The van der Waals surface area contributed by atoms with Crippen LogP contribution in [0.25, 0.3) is 0 Å². The molecule has 0 aliphatic rings. The highest BCUT2D eigenvalue weighted by Gasteiger charge is 2.38. The Bertz CT molecular complexity index is 1590. The summed E-state index contributed by atoms with van der Waals surface area (Å²) in [5.41, 5.74) is 17.2. The van der Waals surface area contributed by atoms with Crippen LogP contribution >= 0.6 is 0 Å². The maximum absolute atomic E-state index is 13.5. The molecule has 0 aliphatic carbocycles. The van der Waals surface area contributed by atoms with Crippen LogP contribution in [0, 0.1) is 5.92 Å². The van der Waals surface area contributed by atoms with E-state index in [9.17, 15) is 46.7 Å². The summed E-state index contributed by atoms with van der Waals surface area (Å²) >= 11 is 0. The van der Waals surface area contributed by atoms with Crippen LogP contribution in [-0.2, 0) is 44.8 Å². The van der Waals surface area contributed by atoms with Crippen molar-refractivity contribution in [3.63, 3.8) is 0 Å². The molecule has 14 N–H and O–H groups in total. The van der Waals surface area contributed by atoms with E-state index >= 15 is 0 Å². The van der Waals surface area contributed by atoms with E-state index in [1.165, 1.54) is 27.7 Å². The van der Waals surface area contributed by atoms with Gasteiger partial charge in [0.2, 0.25) is 35.4 Å². The monoisotopic (exact) mass is 832 g/mol. The van der Waals surface area contributed by atoms with Gasteiger partial charge < -0.3 is 59.3 Å². The van der Waals surface area contributed by atoms with E-state index < -0.39 is 95.9 Å². The second-order valence-corrected chi connectivity index (χ2v) is 13.6. The van der Waals surface area contributed by atoms with E-state index in [1.807, 2.05) is 19.9 Å². The zero-order valence-corrected chi connectivity index (χ0v) is 33.0. The first-order valence-electron chi connectivity index (χ1n) is 18.0. The summed E-state index contributed by atoms with van der Waals surface area (Å²) in [7, 11) is 0. The van der Waals surface area contributed by atoms with Gasteiger partial charge in [0.25, 0.3) is 0 Å². The number of amides is 6. The number of carbonyl (C=O) groups excluding carboxylic acids is 6. The minimum absolute atomic E-state index is 0.0386. The highest BCUT2D eigenvalue weighted by molar-refractivity contribution is 5.96. The topological polar surface area (TPSA) is 340 Å². The Hall–Kier alpha value is -6.00. The molecule has 1 aromatic rings. The van der Waals surface area contributed by atoms with Crippen molar-refractivity contribution < 1.29 is 61.7 Å². The molecule has 7 atom stereocenters. The van der Waals surface area contributed by atoms with Crippen molar-refractivity contribution in [1.29, 1.82) is 0 Å². The number of nitrogens with one attached hydrogen (secondary N) is 6. The molecule has 1 aromatic carbocycles. The summed E-state index contributed by atoms with van der Waals surface area (Å²) in [4.78, 5) is 102. The lowest BCUT2D eigenvalue weighted by Gasteiger charge is -2.26. The van der Waals surface area contributed by atoms with Crippen molar-refractivity contribution in [2.75, 3.05) is 6.54 Å². The third-order valence-electron chi connectivity index (χ3n) is 7.72. The molecule has 0 fully saturated rings. The Kier molecular flexibility index (Phi) is 22.7. The average Bonchev–Trinajstić information content (AvgIpc) is 3.11. The Morgan fingerprint density at radius 1 is 0.655 bits per heavy atom. The van der Waals surface area contributed by atoms with Gasteiger partial charge in [0.1, 0.15) is 36.3 Å². The lowest BCUT2D eigenvalue weighted by atomic mass is 10.0. The predicted octanol–water partition coefficient (Wildman–Crippen LogP) is -1.64. The average molecular weight is 833 g/mol. The highest BCUT2D eigenvalue weighted by Crippen LogP contribution is 2.13. The first-order valence-corrected chi connectivity index (χ1v) is 18.0. The van der Waals surface area contributed by atoms with Gasteiger partial charge in [0.05, 0.1) is 6.04 Å². The number of halogens is 3. The summed E-state index contributed by atoms with van der Waals surface area (Å²) in [5, 5.41) is 31.4. The number of rotatable bonds is 21. The molecule has 0 aromatic heterocycles.